The van der Waals surface area contributed by atoms with Crippen LogP contribution in [0.2, 0.25) is 0 Å². The molecule has 104 valence electrons. The Morgan fingerprint density at radius 2 is 2.05 bits per heavy atom. The molecule has 3 atom stereocenters. The number of piperidine rings is 1. The Hall–Kier alpha value is -1.32. The van der Waals surface area contributed by atoms with Crippen molar-refractivity contribution in [2.45, 2.75) is 38.0 Å². The number of aliphatic hydroxyl groups excluding tert-OH is 1. The largest absolute Gasteiger partial charge is 0.373 e. The van der Waals surface area contributed by atoms with Crippen molar-refractivity contribution in [1.82, 2.24) is 9.47 Å². The van der Waals surface area contributed by atoms with Gasteiger partial charge in [-0.25, -0.2) is 0 Å². The van der Waals surface area contributed by atoms with Crippen molar-refractivity contribution in [3.05, 3.63) is 35.5 Å². The smallest absolute Gasteiger partial charge is 0.131 e. The van der Waals surface area contributed by atoms with Crippen LogP contribution in [0.15, 0.2) is 24.3 Å². The summed E-state index contributed by atoms with van der Waals surface area (Å²) < 4.78 is 2.24. The minimum atomic E-state index is -0.331. The summed E-state index contributed by atoms with van der Waals surface area (Å²) in [6.07, 6.45) is 4.30. The van der Waals surface area contributed by atoms with Crippen LogP contribution in [-0.2, 0) is 6.42 Å². The maximum absolute atomic E-state index is 10.7. The second kappa shape index (κ2) is 3.86. The number of aromatic nitrogens is 1. The molecule has 5 rings (SSSR count). The standard InChI is InChI=1S/C17H20N2O/c20-15-10-11-4-3-8-18-9-7-13-12-5-1-2-6-14(12)19(15)17(13)16(11)18/h1-2,5-6,11,15-16,20H,3-4,7-10H2/t11-,15+,16-/m0/s1. The van der Waals surface area contributed by atoms with Gasteiger partial charge in [0.15, 0.2) is 0 Å². The molecule has 3 aliphatic rings. The number of hydrogen-bond donors (Lipinski definition) is 1. The zero-order chi connectivity index (χ0) is 13.3. The van der Waals surface area contributed by atoms with Gasteiger partial charge in [0.05, 0.1) is 11.6 Å². The zero-order valence-electron chi connectivity index (χ0n) is 11.6. The third kappa shape index (κ3) is 1.28. The molecule has 0 aliphatic carbocycles. The van der Waals surface area contributed by atoms with E-state index in [0.717, 1.165) is 12.8 Å². The van der Waals surface area contributed by atoms with Crippen molar-refractivity contribution in [3.8, 4) is 0 Å². The molecule has 1 fully saturated rings. The van der Waals surface area contributed by atoms with Crippen molar-refractivity contribution in [3.63, 3.8) is 0 Å². The molecule has 20 heavy (non-hydrogen) atoms. The van der Waals surface area contributed by atoms with Gasteiger partial charge in [0.2, 0.25) is 0 Å². The summed E-state index contributed by atoms with van der Waals surface area (Å²) in [6.45, 7) is 2.43. The van der Waals surface area contributed by atoms with Gasteiger partial charge in [-0.3, -0.25) is 4.90 Å². The Balaban J connectivity index is 1.85. The van der Waals surface area contributed by atoms with E-state index in [-0.39, 0.29) is 6.23 Å². The lowest BCUT2D eigenvalue weighted by molar-refractivity contribution is -0.0148. The van der Waals surface area contributed by atoms with E-state index in [2.05, 4.69) is 33.7 Å². The van der Waals surface area contributed by atoms with Crippen LogP contribution in [0.4, 0.5) is 0 Å². The topological polar surface area (TPSA) is 28.4 Å². The van der Waals surface area contributed by atoms with E-state index in [1.807, 2.05) is 0 Å². The number of benzene rings is 1. The molecule has 0 bridgehead atoms. The van der Waals surface area contributed by atoms with Crippen LogP contribution in [0.5, 0.6) is 0 Å². The SMILES string of the molecule is O[C@@H]1C[C@@H]2CCCN3CCc4c(n1c1ccccc41)[C@H]23. The second-order valence-corrected chi connectivity index (χ2v) is 6.60. The van der Waals surface area contributed by atoms with Crippen LogP contribution in [0, 0.1) is 5.92 Å². The summed E-state index contributed by atoms with van der Waals surface area (Å²) in [4.78, 5) is 2.66. The molecule has 0 amide bonds. The molecule has 1 saturated heterocycles. The Morgan fingerprint density at radius 3 is 3.00 bits per heavy atom. The highest BCUT2D eigenvalue weighted by atomic mass is 16.3. The summed E-state index contributed by atoms with van der Waals surface area (Å²) in [6, 6.07) is 9.18. The van der Waals surface area contributed by atoms with Gasteiger partial charge in [-0.2, -0.15) is 0 Å². The van der Waals surface area contributed by atoms with E-state index >= 15 is 0 Å². The molecule has 1 N–H and O–H groups in total. The average molecular weight is 268 g/mol. The Morgan fingerprint density at radius 1 is 1.15 bits per heavy atom. The van der Waals surface area contributed by atoms with E-state index in [9.17, 15) is 5.11 Å². The fourth-order valence-electron chi connectivity index (χ4n) is 4.93. The van der Waals surface area contributed by atoms with Crippen molar-refractivity contribution in [2.75, 3.05) is 13.1 Å². The summed E-state index contributed by atoms with van der Waals surface area (Å²) in [5, 5.41) is 12.0. The van der Waals surface area contributed by atoms with Gasteiger partial charge in [-0.1, -0.05) is 18.2 Å². The first-order chi connectivity index (χ1) is 9.84. The van der Waals surface area contributed by atoms with Crippen molar-refractivity contribution >= 4 is 10.9 Å². The lowest BCUT2D eigenvalue weighted by Gasteiger charge is -2.48. The van der Waals surface area contributed by atoms with Crippen molar-refractivity contribution < 1.29 is 5.11 Å². The minimum absolute atomic E-state index is 0.331. The highest BCUT2D eigenvalue weighted by Crippen LogP contribution is 2.50. The summed E-state index contributed by atoms with van der Waals surface area (Å²) in [5.41, 5.74) is 4.17. The first kappa shape index (κ1) is 11.4. The van der Waals surface area contributed by atoms with E-state index in [1.165, 1.54) is 48.1 Å². The Labute approximate surface area is 118 Å². The molecule has 0 spiro atoms. The lowest BCUT2D eigenvalue weighted by atomic mass is 9.78. The summed E-state index contributed by atoms with van der Waals surface area (Å²) >= 11 is 0. The molecule has 0 saturated carbocycles. The lowest BCUT2D eigenvalue weighted by Crippen LogP contribution is -2.47. The molecule has 2 aromatic rings. The normalized spacial score (nSPS) is 32.4. The first-order valence-corrected chi connectivity index (χ1v) is 7.88. The number of para-hydroxylation sites is 1. The van der Waals surface area contributed by atoms with Crippen LogP contribution >= 0.6 is 0 Å². The Kier molecular flexibility index (Phi) is 2.19. The van der Waals surface area contributed by atoms with Gasteiger partial charge in [-0.05, 0) is 49.8 Å². The third-order valence-electron chi connectivity index (χ3n) is 5.66. The number of rotatable bonds is 0. The van der Waals surface area contributed by atoms with Crippen molar-refractivity contribution in [2.24, 2.45) is 5.92 Å². The van der Waals surface area contributed by atoms with Gasteiger partial charge in [0.25, 0.3) is 0 Å². The van der Waals surface area contributed by atoms with Crippen molar-refractivity contribution in [1.29, 1.82) is 0 Å². The number of hydrogen-bond acceptors (Lipinski definition) is 2. The molecule has 3 aliphatic heterocycles. The van der Waals surface area contributed by atoms with Crippen LogP contribution < -0.4 is 0 Å². The first-order valence-electron chi connectivity index (χ1n) is 7.88. The van der Waals surface area contributed by atoms with Crippen LogP contribution in [-0.4, -0.2) is 27.7 Å². The average Bonchev–Trinajstić information content (AvgIpc) is 2.82. The number of nitrogens with zero attached hydrogens (tertiary/aromatic N) is 2. The maximum atomic E-state index is 10.7. The molecular weight excluding hydrogens is 248 g/mol. The van der Waals surface area contributed by atoms with Gasteiger partial charge < -0.3 is 9.67 Å². The van der Waals surface area contributed by atoms with Gasteiger partial charge in [0, 0.05) is 17.6 Å². The van der Waals surface area contributed by atoms with E-state index in [1.54, 1.807) is 0 Å². The molecule has 1 aromatic heterocycles. The van der Waals surface area contributed by atoms with Gasteiger partial charge in [0.1, 0.15) is 6.23 Å². The fraction of sp³-hybridized carbons (Fsp3) is 0.529. The second-order valence-electron chi connectivity index (χ2n) is 6.60. The quantitative estimate of drug-likeness (QED) is 0.796. The van der Waals surface area contributed by atoms with Crippen LogP contribution in [0.1, 0.15) is 42.8 Å². The summed E-state index contributed by atoms with van der Waals surface area (Å²) in [7, 11) is 0. The number of aliphatic hydroxyl groups is 1. The predicted octanol–water partition coefficient (Wildman–Crippen LogP) is 2.85. The number of fused-ring (bicyclic) bond motifs is 3. The van der Waals surface area contributed by atoms with E-state index < -0.39 is 0 Å². The minimum Gasteiger partial charge on any atom is -0.373 e. The van der Waals surface area contributed by atoms with Gasteiger partial charge in [-0.15, -0.1) is 0 Å². The predicted molar refractivity (Wildman–Crippen MR) is 78.6 cm³/mol. The molecule has 0 unspecified atom stereocenters. The molecule has 0 radical (unpaired) electrons. The van der Waals surface area contributed by atoms with E-state index in [4.69, 9.17) is 0 Å². The van der Waals surface area contributed by atoms with Crippen LogP contribution in [0.3, 0.4) is 0 Å². The van der Waals surface area contributed by atoms with E-state index in [0.29, 0.717) is 12.0 Å². The third-order valence-corrected chi connectivity index (χ3v) is 5.66. The fourth-order valence-corrected chi connectivity index (χ4v) is 4.93. The molecule has 3 heteroatoms. The zero-order valence-corrected chi connectivity index (χ0v) is 11.6. The highest BCUT2D eigenvalue weighted by molar-refractivity contribution is 5.86. The monoisotopic (exact) mass is 268 g/mol. The summed E-state index contributed by atoms with van der Waals surface area (Å²) in [5.74, 6) is 0.648. The van der Waals surface area contributed by atoms with Crippen LogP contribution in [0.25, 0.3) is 10.9 Å². The molecule has 4 heterocycles. The maximum Gasteiger partial charge on any atom is 0.131 e. The van der Waals surface area contributed by atoms with Gasteiger partial charge >= 0.3 is 0 Å². The Bertz CT molecular complexity index is 690. The highest BCUT2D eigenvalue weighted by Gasteiger charge is 2.44. The molecule has 1 aromatic carbocycles. The molecular formula is C17H20N2O. The molecule has 3 nitrogen and oxygen atoms in total.